The molecule has 0 bridgehead atoms. The van der Waals surface area contributed by atoms with Crippen LogP contribution in [-0.4, -0.2) is 25.0 Å². The van der Waals surface area contributed by atoms with Crippen LogP contribution < -0.4 is 15.0 Å². The van der Waals surface area contributed by atoms with Crippen molar-refractivity contribution in [1.29, 1.82) is 0 Å². The Morgan fingerprint density at radius 1 is 1.15 bits per heavy atom. The van der Waals surface area contributed by atoms with E-state index in [1.165, 1.54) is 0 Å². The molecule has 0 aliphatic carbocycles. The number of aryl methyl sites for hydroxylation is 2. The van der Waals surface area contributed by atoms with Crippen LogP contribution in [-0.2, 0) is 9.59 Å². The van der Waals surface area contributed by atoms with E-state index in [9.17, 15) is 9.59 Å². The number of nitrogens with one attached hydrogen (secondary N) is 1. The molecule has 0 saturated carbocycles. The molecule has 1 aliphatic rings. The van der Waals surface area contributed by atoms with Crippen LogP contribution in [0.2, 0.25) is 0 Å². The third kappa shape index (κ3) is 3.57. The van der Waals surface area contributed by atoms with Crippen molar-refractivity contribution >= 4 is 23.2 Å². The number of carbonyl (C=O) groups is 2. The van der Waals surface area contributed by atoms with Gasteiger partial charge in [-0.3, -0.25) is 9.59 Å². The van der Waals surface area contributed by atoms with Crippen molar-refractivity contribution in [1.82, 2.24) is 0 Å². The number of hydrogen-bond donors (Lipinski definition) is 1. The van der Waals surface area contributed by atoms with Gasteiger partial charge in [-0.2, -0.15) is 0 Å². The molecule has 2 amide bonds. The fourth-order valence-electron chi connectivity index (χ4n) is 3.42. The Kier molecular flexibility index (Phi) is 5.26. The predicted molar refractivity (Wildman–Crippen MR) is 103 cm³/mol. The number of ether oxygens (including phenoxy) is 1. The smallest absolute Gasteiger partial charge is 0.229 e. The fraction of sp³-hybridized carbons (Fsp3) is 0.333. The summed E-state index contributed by atoms with van der Waals surface area (Å²) in [5.74, 6) is 0.0929. The van der Waals surface area contributed by atoms with Gasteiger partial charge in [-0.05, 0) is 44.0 Å². The van der Waals surface area contributed by atoms with Crippen molar-refractivity contribution in [3.05, 3.63) is 53.6 Å². The lowest BCUT2D eigenvalue weighted by Gasteiger charge is -2.21. The summed E-state index contributed by atoms with van der Waals surface area (Å²) in [6, 6.07) is 13.3. The van der Waals surface area contributed by atoms with Gasteiger partial charge in [0, 0.05) is 18.7 Å². The molecule has 0 aromatic heterocycles. The minimum Gasteiger partial charge on any atom is -0.492 e. The lowest BCUT2D eigenvalue weighted by atomic mass is 10.1. The first-order chi connectivity index (χ1) is 12.5. The highest BCUT2D eigenvalue weighted by atomic mass is 16.5. The maximum Gasteiger partial charge on any atom is 0.229 e. The largest absolute Gasteiger partial charge is 0.492 e. The van der Waals surface area contributed by atoms with Gasteiger partial charge < -0.3 is 15.0 Å². The highest BCUT2D eigenvalue weighted by molar-refractivity contribution is 6.04. The van der Waals surface area contributed by atoms with Crippen molar-refractivity contribution in [2.24, 2.45) is 5.92 Å². The second-order valence-corrected chi connectivity index (χ2v) is 6.56. The van der Waals surface area contributed by atoms with Gasteiger partial charge in [0.15, 0.2) is 0 Å². The van der Waals surface area contributed by atoms with Crippen LogP contribution in [0.1, 0.15) is 24.5 Å². The van der Waals surface area contributed by atoms with E-state index in [0.29, 0.717) is 24.6 Å². The molecule has 0 spiro atoms. The average Bonchev–Trinajstić information content (AvgIpc) is 2.98. The molecule has 136 valence electrons. The molecule has 1 aliphatic heterocycles. The van der Waals surface area contributed by atoms with Crippen molar-refractivity contribution < 1.29 is 14.3 Å². The zero-order valence-electron chi connectivity index (χ0n) is 15.4. The van der Waals surface area contributed by atoms with Crippen LogP contribution >= 0.6 is 0 Å². The van der Waals surface area contributed by atoms with E-state index in [1.54, 1.807) is 4.90 Å². The number of amides is 2. The standard InChI is InChI=1S/C21H24N2O3/c1-4-26-18-11-6-5-10-17(18)22-21(25)16-12-19(24)23(13-16)20-14(2)8-7-9-15(20)3/h5-11,16H,4,12-13H2,1-3H3,(H,22,25)/t16-/m0/s1. The molecule has 3 rings (SSSR count). The Hall–Kier alpha value is -2.82. The van der Waals surface area contributed by atoms with Crippen molar-refractivity contribution in [2.75, 3.05) is 23.4 Å². The summed E-state index contributed by atoms with van der Waals surface area (Å²) in [5, 5.41) is 2.92. The summed E-state index contributed by atoms with van der Waals surface area (Å²) in [5.41, 5.74) is 3.64. The monoisotopic (exact) mass is 352 g/mol. The first kappa shape index (κ1) is 18.0. The molecule has 2 aromatic rings. The summed E-state index contributed by atoms with van der Waals surface area (Å²) in [4.78, 5) is 27.0. The minimum absolute atomic E-state index is 0.0133. The number of hydrogen-bond acceptors (Lipinski definition) is 3. The van der Waals surface area contributed by atoms with Crippen LogP contribution in [0.5, 0.6) is 5.75 Å². The van der Waals surface area contributed by atoms with Gasteiger partial charge in [0.1, 0.15) is 5.75 Å². The van der Waals surface area contributed by atoms with E-state index in [1.807, 2.05) is 63.2 Å². The van der Waals surface area contributed by atoms with Gasteiger partial charge in [0.05, 0.1) is 18.2 Å². The summed E-state index contributed by atoms with van der Waals surface area (Å²) in [6.45, 7) is 6.79. The first-order valence-corrected chi connectivity index (χ1v) is 8.90. The molecular weight excluding hydrogens is 328 g/mol. The molecule has 1 fully saturated rings. The zero-order valence-corrected chi connectivity index (χ0v) is 15.4. The SMILES string of the molecule is CCOc1ccccc1NC(=O)[C@H]1CC(=O)N(c2c(C)cccc2C)C1. The van der Waals surface area contributed by atoms with Crippen LogP contribution in [0.4, 0.5) is 11.4 Å². The molecule has 1 atom stereocenters. The normalized spacial score (nSPS) is 16.7. The lowest BCUT2D eigenvalue weighted by Crippen LogP contribution is -2.29. The number of benzene rings is 2. The number of nitrogens with zero attached hydrogens (tertiary/aromatic N) is 1. The van der Waals surface area contributed by atoms with E-state index >= 15 is 0 Å². The predicted octanol–water partition coefficient (Wildman–Crippen LogP) is 3.69. The number of anilines is 2. The van der Waals surface area contributed by atoms with Crippen molar-refractivity contribution in [2.45, 2.75) is 27.2 Å². The molecule has 2 aromatic carbocycles. The second-order valence-electron chi connectivity index (χ2n) is 6.56. The summed E-state index contributed by atoms with van der Waals surface area (Å²) in [6.07, 6.45) is 0.219. The number of carbonyl (C=O) groups excluding carboxylic acids is 2. The van der Waals surface area contributed by atoms with Gasteiger partial charge in [-0.1, -0.05) is 30.3 Å². The van der Waals surface area contributed by atoms with E-state index in [-0.39, 0.29) is 24.2 Å². The van der Waals surface area contributed by atoms with Crippen LogP contribution in [0, 0.1) is 19.8 Å². The first-order valence-electron chi connectivity index (χ1n) is 8.90. The molecule has 26 heavy (non-hydrogen) atoms. The Morgan fingerprint density at radius 2 is 1.85 bits per heavy atom. The molecule has 1 saturated heterocycles. The maximum atomic E-state index is 12.7. The Labute approximate surface area is 154 Å². The van der Waals surface area contributed by atoms with E-state index < -0.39 is 0 Å². The Morgan fingerprint density at radius 3 is 2.54 bits per heavy atom. The van der Waals surface area contributed by atoms with E-state index in [4.69, 9.17) is 4.74 Å². The maximum absolute atomic E-state index is 12.7. The molecule has 1 N–H and O–H groups in total. The number of para-hydroxylation sites is 3. The summed E-state index contributed by atoms with van der Waals surface area (Å²) < 4.78 is 5.55. The second kappa shape index (κ2) is 7.60. The third-order valence-corrected chi connectivity index (χ3v) is 4.65. The highest BCUT2D eigenvalue weighted by Gasteiger charge is 2.36. The fourth-order valence-corrected chi connectivity index (χ4v) is 3.42. The van der Waals surface area contributed by atoms with Gasteiger partial charge in [0.2, 0.25) is 11.8 Å². The van der Waals surface area contributed by atoms with Crippen LogP contribution in [0.25, 0.3) is 0 Å². The van der Waals surface area contributed by atoms with Crippen LogP contribution in [0.15, 0.2) is 42.5 Å². The zero-order chi connectivity index (χ0) is 18.7. The van der Waals surface area contributed by atoms with Crippen molar-refractivity contribution in [3.63, 3.8) is 0 Å². The molecule has 5 heteroatoms. The molecular formula is C21H24N2O3. The highest BCUT2D eigenvalue weighted by Crippen LogP contribution is 2.32. The Bertz CT molecular complexity index is 812. The third-order valence-electron chi connectivity index (χ3n) is 4.65. The van der Waals surface area contributed by atoms with Gasteiger partial charge in [-0.15, -0.1) is 0 Å². The van der Waals surface area contributed by atoms with Gasteiger partial charge in [-0.25, -0.2) is 0 Å². The van der Waals surface area contributed by atoms with Gasteiger partial charge in [0.25, 0.3) is 0 Å². The summed E-state index contributed by atoms with van der Waals surface area (Å²) in [7, 11) is 0. The van der Waals surface area contributed by atoms with E-state index in [0.717, 1.165) is 16.8 Å². The quantitative estimate of drug-likeness (QED) is 0.893. The molecule has 0 unspecified atom stereocenters. The molecule has 1 heterocycles. The molecule has 5 nitrogen and oxygen atoms in total. The molecule has 0 radical (unpaired) electrons. The summed E-state index contributed by atoms with van der Waals surface area (Å²) >= 11 is 0. The lowest BCUT2D eigenvalue weighted by molar-refractivity contribution is -0.122. The van der Waals surface area contributed by atoms with Crippen molar-refractivity contribution in [3.8, 4) is 5.75 Å². The topological polar surface area (TPSA) is 58.6 Å². The Balaban J connectivity index is 1.76. The van der Waals surface area contributed by atoms with E-state index in [2.05, 4.69) is 5.32 Å². The average molecular weight is 352 g/mol. The van der Waals surface area contributed by atoms with Crippen LogP contribution in [0.3, 0.4) is 0 Å². The minimum atomic E-state index is -0.379. The van der Waals surface area contributed by atoms with Gasteiger partial charge >= 0.3 is 0 Å². The number of rotatable bonds is 5.